The first-order valence-corrected chi connectivity index (χ1v) is 21.3. The third-order valence-corrected chi connectivity index (χ3v) is 13.2. The van der Waals surface area contributed by atoms with E-state index in [4.69, 9.17) is 8.83 Å². The monoisotopic (exact) mass is 791 g/mol. The third kappa shape index (κ3) is 4.88. The Morgan fingerprint density at radius 2 is 0.919 bits per heavy atom. The van der Waals surface area contributed by atoms with E-state index in [0.717, 1.165) is 82.8 Å². The van der Waals surface area contributed by atoms with Crippen molar-refractivity contribution in [1.82, 2.24) is 0 Å². The smallest absolute Gasteiger partial charge is 0.159 e. The second-order valence-corrected chi connectivity index (χ2v) is 16.3. The summed E-state index contributed by atoms with van der Waals surface area (Å²) < 4.78 is 13.6. The van der Waals surface area contributed by atoms with Gasteiger partial charge in [0.15, 0.2) is 5.58 Å². The summed E-state index contributed by atoms with van der Waals surface area (Å²) in [7, 11) is 0. The van der Waals surface area contributed by atoms with Gasteiger partial charge in [-0.25, -0.2) is 0 Å². The van der Waals surface area contributed by atoms with Crippen LogP contribution in [-0.4, -0.2) is 0 Å². The van der Waals surface area contributed by atoms with Gasteiger partial charge in [-0.1, -0.05) is 188 Å². The van der Waals surface area contributed by atoms with Gasteiger partial charge in [-0.15, -0.1) is 0 Å². The van der Waals surface area contributed by atoms with Crippen LogP contribution < -0.4 is 4.90 Å². The van der Waals surface area contributed by atoms with Gasteiger partial charge in [0.1, 0.15) is 16.7 Å². The Labute approximate surface area is 358 Å². The molecule has 0 radical (unpaired) electrons. The zero-order valence-corrected chi connectivity index (χ0v) is 33.6. The number of hydrogen-bond donors (Lipinski definition) is 0. The van der Waals surface area contributed by atoms with Crippen LogP contribution in [0.5, 0.6) is 0 Å². The summed E-state index contributed by atoms with van der Waals surface area (Å²) in [6, 6.07) is 80.9. The van der Waals surface area contributed by atoms with Crippen LogP contribution in [0.3, 0.4) is 0 Å². The van der Waals surface area contributed by atoms with Gasteiger partial charge in [0.25, 0.3) is 0 Å². The standard InChI is InChI=1S/C59H37NO2/c1-3-17-40(18-4-1)59(41-19-5-2-6-20-41)50-27-11-9-23-49(50)55-51(59)28-15-29-52(55)60(53-30-14-26-47-48-37-34-38-16-7-8-21-43(38)57(48)62-58(47)53)42-35-32-39(33-36-42)44-24-13-25-46-45-22-10-12-31-54(45)61-56(44)46/h1-37H. The Balaban J connectivity index is 1.09. The molecule has 0 N–H and O–H groups in total. The minimum atomic E-state index is -0.546. The van der Waals surface area contributed by atoms with E-state index in [1.165, 1.54) is 33.4 Å². The van der Waals surface area contributed by atoms with Gasteiger partial charge in [-0.2, -0.15) is 0 Å². The van der Waals surface area contributed by atoms with Crippen LogP contribution in [0, 0.1) is 0 Å². The van der Waals surface area contributed by atoms with Crippen LogP contribution >= 0.6 is 0 Å². The average molecular weight is 792 g/mol. The van der Waals surface area contributed by atoms with Crippen molar-refractivity contribution in [3.63, 3.8) is 0 Å². The third-order valence-electron chi connectivity index (χ3n) is 13.2. The number of benzene rings is 10. The van der Waals surface area contributed by atoms with Crippen molar-refractivity contribution in [3.8, 4) is 22.3 Å². The number of hydrogen-bond acceptors (Lipinski definition) is 3. The van der Waals surface area contributed by atoms with Crippen molar-refractivity contribution in [2.75, 3.05) is 4.90 Å². The second kappa shape index (κ2) is 13.4. The van der Waals surface area contributed by atoms with E-state index in [0.29, 0.717) is 0 Å². The highest BCUT2D eigenvalue weighted by Gasteiger charge is 2.47. The molecule has 0 amide bonds. The van der Waals surface area contributed by atoms with E-state index in [1.807, 2.05) is 12.1 Å². The van der Waals surface area contributed by atoms with Crippen LogP contribution in [0.2, 0.25) is 0 Å². The molecule has 12 aromatic rings. The quantitative estimate of drug-likeness (QED) is 0.168. The highest BCUT2D eigenvalue weighted by molar-refractivity contribution is 6.18. The fraction of sp³-hybridized carbons (Fsp3) is 0.0169. The molecule has 0 saturated carbocycles. The van der Waals surface area contributed by atoms with Gasteiger partial charge in [-0.3, -0.25) is 0 Å². The van der Waals surface area contributed by atoms with Gasteiger partial charge in [0, 0.05) is 43.7 Å². The van der Waals surface area contributed by atoms with E-state index in [2.05, 4.69) is 217 Å². The van der Waals surface area contributed by atoms with Crippen molar-refractivity contribution in [1.29, 1.82) is 0 Å². The predicted molar refractivity (Wildman–Crippen MR) is 256 cm³/mol. The predicted octanol–water partition coefficient (Wildman–Crippen LogP) is 16.1. The Morgan fingerprint density at radius 3 is 1.73 bits per heavy atom. The minimum Gasteiger partial charge on any atom is -0.455 e. The van der Waals surface area contributed by atoms with E-state index in [9.17, 15) is 0 Å². The Morgan fingerprint density at radius 1 is 0.339 bits per heavy atom. The summed E-state index contributed by atoms with van der Waals surface area (Å²) in [5.41, 5.74) is 15.6. The molecular formula is C59H37NO2. The molecule has 0 bridgehead atoms. The maximum absolute atomic E-state index is 7.11. The van der Waals surface area contributed by atoms with E-state index < -0.39 is 5.41 Å². The fourth-order valence-electron chi connectivity index (χ4n) is 10.5. The number of furan rings is 2. The highest BCUT2D eigenvalue weighted by Crippen LogP contribution is 2.60. The van der Waals surface area contributed by atoms with Crippen molar-refractivity contribution < 1.29 is 8.83 Å². The number of anilines is 3. The fourth-order valence-corrected chi connectivity index (χ4v) is 10.5. The number of para-hydroxylation sites is 3. The summed E-state index contributed by atoms with van der Waals surface area (Å²) in [6.45, 7) is 0. The first-order valence-electron chi connectivity index (χ1n) is 21.3. The molecule has 1 aliphatic rings. The zero-order valence-electron chi connectivity index (χ0n) is 33.6. The summed E-state index contributed by atoms with van der Waals surface area (Å²) in [4.78, 5) is 2.42. The van der Waals surface area contributed by atoms with E-state index >= 15 is 0 Å². The van der Waals surface area contributed by atoms with Crippen molar-refractivity contribution >= 4 is 71.7 Å². The summed E-state index contributed by atoms with van der Waals surface area (Å²) in [5.74, 6) is 0. The normalized spacial score (nSPS) is 13.0. The maximum atomic E-state index is 7.11. The molecule has 0 spiro atoms. The molecule has 3 nitrogen and oxygen atoms in total. The summed E-state index contributed by atoms with van der Waals surface area (Å²) >= 11 is 0. The molecule has 0 saturated heterocycles. The molecule has 1 aliphatic carbocycles. The molecular weight excluding hydrogens is 755 g/mol. The molecule has 3 heteroatoms. The molecule has 0 unspecified atom stereocenters. The molecule has 62 heavy (non-hydrogen) atoms. The topological polar surface area (TPSA) is 29.5 Å². The van der Waals surface area contributed by atoms with Gasteiger partial charge in [0.2, 0.25) is 0 Å². The van der Waals surface area contributed by atoms with Gasteiger partial charge in [-0.05, 0) is 75.2 Å². The van der Waals surface area contributed by atoms with Crippen LogP contribution in [0.25, 0.3) is 76.9 Å². The molecule has 0 fully saturated rings. The Hall–Kier alpha value is -8.14. The molecule has 2 aromatic heterocycles. The van der Waals surface area contributed by atoms with Gasteiger partial charge in [0.05, 0.1) is 16.8 Å². The molecule has 13 rings (SSSR count). The maximum Gasteiger partial charge on any atom is 0.159 e. The lowest BCUT2D eigenvalue weighted by atomic mass is 9.68. The molecule has 10 aromatic carbocycles. The minimum absolute atomic E-state index is 0.546. The molecule has 0 atom stereocenters. The number of fused-ring (bicyclic) bond motifs is 11. The van der Waals surface area contributed by atoms with Crippen molar-refractivity contribution in [3.05, 3.63) is 247 Å². The van der Waals surface area contributed by atoms with Crippen LogP contribution in [-0.2, 0) is 5.41 Å². The Kier molecular flexibility index (Phi) is 7.52. The Bertz CT molecular complexity index is 3650. The van der Waals surface area contributed by atoms with Gasteiger partial charge >= 0.3 is 0 Å². The highest BCUT2D eigenvalue weighted by atomic mass is 16.3. The van der Waals surface area contributed by atoms with Crippen LogP contribution in [0.15, 0.2) is 233 Å². The zero-order chi connectivity index (χ0) is 40.8. The SMILES string of the molecule is c1ccc(C2(c3ccccc3)c3ccccc3-c3c(N(c4ccc(-c5cccc6c5oc5ccccc56)cc4)c4cccc5c4oc4c6ccccc6ccc54)cccc32)cc1. The summed E-state index contributed by atoms with van der Waals surface area (Å²) in [6.07, 6.45) is 0. The number of nitrogens with zero attached hydrogens (tertiary/aromatic N) is 1. The number of rotatable bonds is 6. The average Bonchev–Trinajstić information content (AvgIpc) is 4.02. The molecule has 2 heterocycles. The molecule has 0 aliphatic heterocycles. The second-order valence-electron chi connectivity index (χ2n) is 16.3. The molecule has 290 valence electrons. The van der Waals surface area contributed by atoms with Gasteiger partial charge < -0.3 is 13.7 Å². The lowest BCUT2D eigenvalue weighted by Gasteiger charge is -2.34. The lowest BCUT2D eigenvalue weighted by molar-refractivity contribution is 0.670. The van der Waals surface area contributed by atoms with E-state index in [1.54, 1.807) is 0 Å². The largest absolute Gasteiger partial charge is 0.455 e. The van der Waals surface area contributed by atoms with Crippen molar-refractivity contribution in [2.24, 2.45) is 0 Å². The van der Waals surface area contributed by atoms with Crippen molar-refractivity contribution in [2.45, 2.75) is 5.41 Å². The van der Waals surface area contributed by atoms with E-state index in [-0.39, 0.29) is 0 Å². The summed E-state index contributed by atoms with van der Waals surface area (Å²) in [5, 5.41) is 6.69. The van der Waals surface area contributed by atoms with Crippen LogP contribution in [0.1, 0.15) is 22.3 Å². The van der Waals surface area contributed by atoms with Crippen LogP contribution in [0.4, 0.5) is 17.1 Å². The first-order chi connectivity index (χ1) is 30.8. The first kappa shape index (κ1) is 34.7. The lowest BCUT2D eigenvalue weighted by Crippen LogP contribution is -2.28.